The zero-order valence-electron chi connectivity index (χ0n) is 16.0. The van der Waals surface area contributed by atoms with Gasteiger partial charge in [0.05, 0.1) is 0 Å². The van der Waals surface area contributed by atoms with E-state index in [-0.39, 0.29) is 18.2 Å². The van der Waals surface area contributed by atoms with Crippen LogP contribution in [0.4, 0.5) is 11.4 Å². The number of hydrogen-bond acceptors (Lipinski definition) is 3. The monoisotopic (exact) mass is 365 g/mol. The first kappa shape index (κ1) is 19.0. The van der Waals surface area contributed by atoms with Crippen LogP contribution in [-0.4, -0.2) is 42.9 Å². The van der Waals surface area contributed by atoms with Crippen LogP contribution in [0.25, 0.3) is 0 Å². The molecule has 142 valence electrons. The maximum Gasteiger partial charge on any atom is 0.233 e. The molecule has 0 aromatic heterocycles. The van der Waals surface area contributed by atoms with Crippen LogP contribution in [-0.2, 0) is 9.59 Å². The van der Waals surface area contributed by atoms with E-state index in [1.807, 2.05) is 42.5 Å². The predicted octanol–water partition coefficient (Wildman–Crippen LogP) is 3.49. The Labute approximate surface area is 161 Å². The molecule has 1 N–H and O–H groups in total. The molecule has 2 aromatic rings. The number of carbonyl (C=O) groups excluding carboxylic acids is 2. The SMILES string of the molecule is CC(C)c1ccc(NC(=O)CC(=O)N2CCN(c3ccccc3)CC2)cc1. The van der Waals surface area contributed by atoms with Gasteiger partial charge in [-0.15, -0.1) is 0 Å². The summed E-state index contributed by atoms with van der Waals surface area (Å²) >= 11 is 0. The van der Waals surface area contributed by atoms with Crippen molar-refractivity contribution < 1.29 is 9.59 Å². The highest BCUT2D eigenvalue weighted by Gasteiger charge is 2.23. The lowest BCUT2D eigenvalue weighted by Crippen LogP contribution is -2.49. The Balaban J connectivity index is 1.47. The normalized spacial score (nSPS) is 14.3. The van der Waals surface area contributed by atoms with Gasteiger partial charge < -0.3 is 15.1 Å². The van der Waals surface area contributed by atoms with Crippen molar-refractivity contribution in [1.82, 2.24) is 4.90 Å². The fourth-order valence-electron chi connectivity index (χ4n) is 3.26. The lowest BCUT2D eigenvalue weighted by molar-refractivity contribution is -0.134. The first-order valence-corrected chi connectivity index (χ1v) is 9.50. The van der Waals surface area contributed by atoms with Crippen LogP contribution >= 0.6 is 0 Å². The highest BCUT2D eigenvalue weighted by Crippen LogP contribution is 2.18. The molecule has 0 radical (unpaired) electrons. The highest BCUT2D eigenvalue weighted by atomic mass is 16.2. The van der Waals surface area contributed by atoms with Crippen LogP contribution in [0.2, 0.25) is 0 Å². The van der Waals surface area contributed by atoms with Gasteiger partial charge in [0.25, 0.3) is 0 Å². The maximum absolute atomic E-state index is 12.4. The van der Waals surface area contributed by atoms with E-state index >= 15 is 0 Å². The number of carbonyl (C=O) groups is 2. The Morgan fingerprint density at radius 1 is 0.926 bits per heavy atom. The second-order valence-corrected chi connectivity index (χ2v) is 7.21. The molecule has 2 amide bonds. The van der Waals surface area contributed by atoms with E-state index in [2.05, 4.69) is 36.2 Å². The lowest BCUT2D eigenvalue weighted by atomic mass is 10.0. The third-order valence-corrected chi connectivity index (χ3v) is 4.93. The Hall–Kier alpha value is -2.82. The summed E-state index contributed by atoms with van der Waals surface area (Å²) in [5.41, 5.74) is 3.12. The van der Waals surface area contributed by atoms with Crippen molar-refractivity contribution in [1.29, 1.82) is 0 Å². The van der Waals surface area contributed by atoms with E-state index in [0.717, 1.165) is 18.8 Å². The Morgan fingerprint density at radius 2 is 1.56 bits per heavy atom. The van der Waals surface area contributed by atoms with E-state index in [1.165, 1.54) is 11.3 Å². The van der Waals surface area contributed by atoms with E-state index in [1.54, 1.807) is 4.90 Å². The largest absolute Gasteiger partial charge is 0.368 e. The van der Waals surface area contributed by atoms with E-state index < -0.39 is 0 Å². The number of hydrogen-bond donors (Lipinski definition) is 1. The minimum atomic E-state index is -0.261. The van der Waals surface area contributed by atoms with Crippen molar-refractivity contribution in [3.63, 3.8) is 0 Å². The average Bonchev–Trinajstić information content (AvgIpc) is 2.69. The van der Waals surface area contributed by atoms with Gasteiger partial charge in [0.2, 0.25) is 11.8 Å². The van der Waals surface area contributed by atoms with Crippen molar-refractivity contribution >= 4 is 23.2 Å². The van der Waals surface area contributed by atoms with E-state index in [4.69, 9.17) is 0 Å². The fraction of sp³-hybridized carbons (Fsp3) is 0.364. The van der Waals surface area contributed by atoms with E-state index in [0.29, 0.717) is 19.0 Å². The van der Waals surface area contributed by atoms with Gasteiger partial charge in [-0.3, -0.25) is 9.59 Å². The van der Waals surface area contributed by atoms with Gasteiger partial charge in [-0.25, -0.2) is 0 Å². The number of nitrogens with zero attached hydrogens (tertiary/aromatic N) is 2. The molecule has 3 rings (SSSR count). The number of nitrogens with one attached hydrogen (secondary N) is 1. The molecule has 5 heteroatoms. The Kier molecular flexibility index (Phi) is 6.12. The molecule has 0 spiro atoms. The molecule has 2 aromatic carbocycles. The summed E-state index contributed by atoms with van der Waals surface area (Å²) in [6.07, 6.45) is -0.114. The first-order valence-electron chi connectivity index (χ1n) is 9.50. The number of amides is 2. The molecule has 5 nitrogen and oxygen atoms in total. The molecule has 0 atom stereocenters. The van der Waals surface area contributed by atoms with Gasteiger partial charge in [-0.1, -0.05) is 44.2 Å². The minimum absolute atomic E-state index is 0.112. The second kappa shape index (κ2) is 8.71. The molecule has 1 fully saturated rings. The Bertz CT molecular complexity index is 764. The van der Waals surface area contributed by atoms with Crippen molar-refractivity contribution in [3.05, 3.63) is 60.2 Å². The summed E-state index contributed by atoms with van der Waals surface area (Å²) in [4.78, 5) is 28.7. The standard InChI is InChI=1S/C22H27N3O2/c1-17(2)18-8-10-19(11-9-18)23-21(26)16-22(27)25-14-12-24(13-15-25)20-6-4-3-5-7-20/h3-11,17H,12-16H2,1-2H3,(H,23,26). The summed E-state index contributed by atoms with van der Waals surface area (Å²) in [5.74, 6) is 0.0766. The van der Waals surface area contributed by atoms with Gasteiger partial charge >= 0.3 is 0 Å². The lowest BCUT2D eigenvalue weighted by Gasteiger charge is -2.36. The van der Waals surface area contributed by atoms with Gasteiger partial charge in [0.15, 0.2) is 0 Å². The fourth-order valence-corrected chi connectivity index (χ4v) is 3.26. The zero-order chi connectivity index (χ0) is 19.2. The van der Waals surface area contributed by atoms with E-state index in [9.17, 15) is 9.59 Å². The van der Waals surface area contributed by atoms with Crippen LogP contribution < -0.4 is 10.2 Å². The third kappa shape index (κ3) is 5.09. The summed E-state index contributed by atoms with van der Waals surface area (Å²) in [5, 5.41) is 2.82. The van der Waals surface area contributed by atoms with Crippen LogP contribution in [0.5, 0.6) is 0 Å². The number of benzene rings is 2. The maximum atomic E-state index is 12.4. The van der Waals surface area contributed by atoms with Gasteiger partial charge in [-0.05, 0) is 35.7 Å². The topological polar surface area (TPSA) is 52.7 Å². The quantitative estimate of drug-likeness (QED) is 0.825. The van der Waals surface area contributed by atoms with Crippen molar-refractivity contribution in [2.24, 2.45) is 0 Å². The molecule has 1 aliphatic rings. The molecule has 1 heterocycles. The number of piperazine rings is 1. The Morgan fingerprint density at radius 3 is 2.15 bits per heavy atom. The third-order valence-electron chi connectivity index (χ3n) is 4.93. The zero-order valence-corrected chi connectivity index (χ0v) is 16.0. The van der Waals surface area contributed by atoms with Crippen LogP contribution in [0, 0.1) is 0 Å². The van der Waals surface area contributed by atoms with Crippen LogP contribution in [0.3, 0.4) is 0 Å². The van der Waals surface area contributed by atoms with Gasteiger partial charge in [-0.2, -0.15) is 0 Å². The second-order valence-electron chi connectivity index (χ2n) is 7.21. The highest BCUT2D eigenvalue weighted by molar-refractivity contribution is 6.03. The molecule has 1 aliphatic heterocycles. The van der Waals surface area contributed by atoms with Crippen molar-refractivity contribution in [3.8, 4) is 0 Å². The minimum Gasteiger partial charge on any atom is -0.368 e. The first-order chi connectivity index (χ1) is 13.0. The predicted molar refractivity (Wildman–Crippen MR) is 109 cm³/mol. The molecule has 0 saturated carbocycles. The molecule has 0 aliphatic carbocycles. The van der Waals surface area contributed by atoms with Crippen LogP contribution in [0.1, 0.15) is 31.7 Å². The van der Waals surface area contributed by atoms with Crippen molar-refractivity contribution in [2.75, 3.05) is 36.4 Å². The van der Waals surface area contributed by atoms with Gasteiger partial charge in [0, 0.05) is 37.6 Å². The summed E-state index contributed by atoms with van der Waals surface area (Å²) in [6.45, 7) is 7.11. The molecule has 0 unspecified atom stereocenters. The smallest absolute Gasteiger partial charge is 0.233 e. The average molecular weight is 365 g/mol. The van der Waals surface area contributed by atoms with Crippen LogP contribution in [0.15, 0.2) is 54.6 Å². The molecular weight excluding hydrogens is 338 g/mol. The molecular formula is C22H27N3O2. The summed E-state index contributed by atoms with van der Waals surface area (Å²) in [6, 6.07) is 18.0. The van der Waals surface area contributed by atoms with Gasteiger partial charge in [0.1, 0.15) is 6.42 Å². The molecule has 27 heavy (non-hydrogen) atoms. The molecule has 0 bridgehead atoms. The summed E-state index contributed by atoms with van der Waals surface area (Å²) in [7, 11) is 0. The number of anilines is 2. The summed E-state index contributed by atoms with van der Waals surface area (Å²) < 4.78 is 0. The number of para-hydroxylation sites is 1. The molecule has 1 saturated heterocycles. The number of rotatable bonds is 5. The van der Waals surface area contributed by atoms with Crippen molar-refractivity contribution in [2.45, 2.75) is 26.2 Å².